The van der Waals surface area contributed by atoms with Crippen LogP contribution in [0.15, 0.2) is 36.4 Å². The molecule has 0 aromatic heterocycles. The highest BCUT2D eigenvalue weighted by Crippen LogP contribution is 2.24. The Balaban J connectivity index is 2.28. The largest absolute Gasteiger partial charge is 0.321 e. The van der Waals surface area contributed by atoms with Crippen molar-refractivity contribution in [3.8, 4) is 6.07 Å². The number of nitriles is 1. The topological polar surface area (TPSA) is 52.9 Å². The third-order valence-electron chi connectivity index (χ3n) is 2.79. The van der Waals surface area contributed by atoms with Crippen molar-refractivity contribution in [1.82, 2.24) is 0 Å². The number of nitrogens with one attached hydrogen (secondary N) is 1. The van der Waals surface area contributed by atoms with Gasteiger partial charge in [-0.25, -0.2) is 4.39 Å². The molecule has 2 aromatic carbocycles. The van der Waals surface area contributed by atoms with Crippen LogP contribution >= 0.6 is 11.6 Å². The van der Waals surface area contributed by atoms with Gasteiger partial charge in [0.25, 0.3) is 5.91 Å². The van der Waals surface area contributed by atoms with Crippen molar-refractivity contribution in [2.45, 2.75) is 6.92 Å². The summed E-state index contributed by atoms with van der Waals surface area (Å²) in [6, 6.07) is 10.5. The molecule has 0 heterocycles. The van der Waals surface area contributed by atoms with E-state index < -0.39 is 11.7 Å². The third kappa shape index (κ3) is 2.95. The number of nitrogens with zero attached hydrogens (tertiary/aromatic N) is 1. The lowest BCUT2D eigenvalue weighted by molar-refractivity contribution is 0.102. The number of carbonyl (C=O) groups excluding carboxylic acids is 1. The number of halogens is 2. The first-order valence-electron chi connectivity index (χ1n) is 5.78. The van der Waals surface area contributed by atoms with Crippen molar-refractivity contribution in [1.29, 1.82) is 5.26 Å². The molecule has 0 fully saturated rings. The molecule has 5 heteroatoms. The molecule has 0 aliphatic carbocycles. The number of anilines is 1. The van der Waals surface area contributed by atoms with Crippen molar-refractivity contribution < 1.29 is 9.18 Å². The lowest BCUT2D eigenvalue weighted by Crippen LogP contribution is -2.14. The van der Waals surface area contributed by atoms with Crippen molar-refractivity contribution in [3.63, 3.8) is 0 Å². The average Bonchev–Trinajstić information content (AvgIpc) is 2.43. The molecule has 3 nitrogen and oxygen atoms in total. The quantitative estimate of drug-likeness (QED) is 0.911. The van der Waals surface area contributed by atoms with Gasteiger partial charge in [0.05, 0.1) is 22.3 Å². The molecule has 0 aliphatic rings. The second kappa shape index (κ2) is 5.72. The summed E-state index contributed by atoms with van der Waals surface area (Å²) < 4.78 is 13.2. The van der Waals surface area contributed by atoms with Gasteiger partial charge in [-0.15, -0.1) is 0 Å². The van der Waals surface area contributed by atoms with Gasteiger partial charge < -0.3 is 5.32 Å². The van der Waals surface area contributed by atoms with Gasteiger partial charge in [0.2, 0.25) is 0 Å². The van der Waals surface area contributed by atoms with E-state index in [-0.39, 0.29) is 10.6 Å². The van der Waals surface area contributed by atoms with Crippen LogP contribution in [0.2, 0.25) is 5.02 Å². The lowest BCUT2D eigenvalue weighted by Gasteiger charge is -2.09. The van der Waals surface area contributed by atoms with Crippen LogP contribution in [0.25, 0.3) is 0 Å². The number of benzene rings is 2. The smallest absolute Gasteiger partial charge is 0.256 e. The van der Waals surface area contributed by atoms with Gasteiger partial charge in [0.15, 0.2) is 0 Å². The Labute approximate surface area is 120 Å². The van der Waals surface area contributed by atoms with Gasteiger partial charge in [-0.2, -0.15) is 5.26 Å². The summed E-state index contributed by atoms with van der Waals surface area (Å²) in [6.45, 7) is 1.72. The van der Waals surface area contributed by atoms with E-state index in [9.17, 15) is 9.18 Å². The molecule has 1 amide bonds. The molecule has 0 aliphatic heterocycles. The summed E-state index contributed by atoms with van der Waals surface area (Å²) in [5, 5.41) is 11.6. The fraction of sp³-hybridized carbons (Fsp3) is 0.0667. The highest BCUT2D eigenvalue weighted by atomic mass is 35.5. The summed E-state index contributed by atoms with van der Waals surface area (Å²) >= 11 is 5.97. The maximum Gasteiger partial charge on any atom is 0.256 e. The molecule has 0 saturated carbocycles. The molecular formula is C15H10ClFN2O. The Hall–Kier alpha value is -2.38. The summed E-state index contributed by atoms with van der Waals surface area (Å²) in [4.78, 5) is 12.1. The minimum Gasteiger partial charge on any atom is -0.321 e. The first-order chi connectivity index (χ1) is 9.51. The van der Waals surface area contributed by atoms with Crippen LogP contribution < -0.4 is 5.32 Å². The van der Waals surface area contributed by atoms with Gasteiger partial charge in [-0.3, -0.25) is 4.79 Å². The molecule has 0 bridgehead atoms. The second-order valence-corrected chi connectivity index (χ2v) is 4.63. The minimum atomic E-state index is -0.480. The van der Waals surface area contributed by atoms with Crippen LogP contribution in [-0.4, -0.2) is 5.91 Å². The summed E-state index contributed by atoms with van der Waals surface area (Å²) in [5.74, 6) is -0.930. The summed E-state index contributed by atoms with van der Waals surface area (Å²) in [5.41, 5.74) is 1.67. The SMILES string of the molecule is Cc1ccc(F)cc1C(=O)Nc1ccc(C#N)cc1Cl. The van der Waals surface area contributed by atoms with Gasteiger partial charge in [0, 0.05) is 5.56 Å². The maximum absolute atomic E-state index is 13.2. The molecule has 0 atom stereocenters. The predicted molar refractivity (Wildman–Crippen MR) is 75.3 cm³/mol. The summed E-state index contributed by atoms with van der Waals surface area (Å²) in [6.07, 6.45) is 0. The molecule has 1 N–H and O–H groups in total. The number of amides is 1. The number of rotatable bonds is 2. The van der Waals surface area contributed by atoms with E-state index in [4.69, 9.17) is 16.9 Å². The van der Waals surface area contributed by atoms with Crippen LogP contribution in [0, 0.1) is 24.1 Å². The van der Waals surface area contributed by atoms with E-state index in [0.717, 1.165) is 0 Å². The van der Waals surface area contributed by atoms with E-state index in [2.05, 4.69) is 5.32 Å². The van der Waals surface area contributed by atoms with Gasteiger partial charge >= 0.3 is 0 Å². The van der Waals surface area contributed by atoms with Crippen molar-refractivity contribution in [2.24, 2.45) is 0 Å². The third-order valence-corrected chi connectivity index (χ3v) is 3.10. The zero-order chi connectivity index (χ0) is 14.7. The zero-order valence-electron chi connectivity index (χ0n) is 10.6. The van der Waals surface area contributed by atoms with E-state index in [1.165, 1.54) is 30.3 Å². The molecule has 0 radical (unpaired) electrons. The highest BCUT2D eigenvalue weighted by molar-refractivity contribution is 6.34. The Kier molecular flexibility index (Phi) is 4.02. The molecule has 2 aromatic rings. The first kappa shape index (κ1) is 14.0. The second-order valence-electron chi connectivity index (χ2n) is 4.22. The van der Waals surface area contributed by atoms with Crippen LogP contribution in [-0.2, 0) is 0 Å². The molecular weight excluding hydrogens is 279 g/mol. The van der Waals surface area contributed by atoms with Gasteiger partial charge in [0.1, 0.15) is 5.82 Å². The molecule has 0 saturated heterocycles. The maximum atomic E-state index is 13.2. The van der Waals surface area contributed by atoms with Crippen molar-refractivity contribution in [3.05, 3.63) is 63.9 Å². The van der Waals surface area contributed by atoms with E-state index in [1.54, 1.807) is 13.0 Å². The number of carbonyl (C=O) groups is 1. The van der Waals surface area contributed by atoms with Crippen LogP contribution in [0.4, 0.5) is 10.1 Å². The van der Waals surface area contributed by atoms with Crippen LogP contribution in [0.1, 0.15) is 21.5 Å². The normalized spacial score (nSPS) is 9.90. The molecule has 20 heavy (non-hydrogen) atoms. The summed E-state index contributed by atoms with van der Waals surface area (Å²) in [7, 11) is 0. The molecule has 0 unspecified atom stereocenters. The van der Waals surface area contributed by atoms with Crippen LogP contribution in [0.3, 0.4) is 0 Å². The first-order valence-corrected chi connectivity index (χ1v) is 6.16. The lowest BCUT2D eigenvalue weighted by atomic mass is 10.1. The molecule has 0 spiro atoms. The van der Waals surface area contributed by atoms with Gasteiger partial charge in [-0.05, 0) is 42.8 Å². The van der Waals surface area contributed by atoms with E-state index in [1.807, 2.05) is 6.07 Å². The Morgan fingerprint density at radius 3 is 2.70 bits per heavy atom. The monoisotopic (exact) mass is 288 g/mol. The van der Waals surface area contributed by atoms with Crippen molar-refractivity contribution >= 4 is 23.2 Å². The zero-order valence-corrected chi connectivity index (χ0v) is 11.3. The standard InChI is InChI=1S/C15H10ClFN2O/c1-9-2-4-11(17)7-12(9)15(20)19-14-5-3-10(8-18)6-13(14)16/h2-7H,1H3,(H,19,20). The number of hydrogen-bond donors (Lipinski definition) is 1. The Morgan fingerprint density at radius 1 is 1.30 bits per heavy atom. The molecule has 100 valence electrons. The average molecular weight is 289 g/mol. The Morgan fingerprint density at radius 2 is 2.05 bits per heavy atom. The Bertz CT molecular complexity index is 722. The van der Waals surface area contributed by atoms with E-state index >= 15 is 0 Å². The van der Waals surface area contributed by atoms with Gasteiger partial charge in [-0.1, -0.05) is 17.7 Å². The fourth-order valence-corrected chi connectivity index (χ4v) is 1.94. The fourth-order valence-electron chi connectivity index (χ4n) is 1.71. The van der Waals surface area contributed by atoms with E-state index in [0.29, 0.717) is 16.8 Å². The van der Waals surface area contributed by atoms with Crippen LogP contribution in [0.5, 0.6) is 0 Å². The molecule has 2 rings (SSSR count). The number of hydrogen-bond acceptors (Lipinski definition) is 2. The van der Waals surface area contributed by atoms with Crippen molar-refractivity contribution in [2.75, 3.05) is 5.32 Å². The minimum absolute atomic E-state index is 0.241. The highest BCUT2D eigenvalue weighted by Gasteiger charge is 2.12. The predicted octanol–water partition coefficient (Wildman–Crippen LogP) is 3.91. The number of aryl methyl sites for hydroxylation is 1.